The van der Waals surface area contributed by atoms with Crippen LogP contribution in [0.25, 0.3) is 0 Å². The van der Waals surface area contributed by atoms with Gasteiger partial charge in [-0.25, -0.2) is 4.79 Å². The number of carbonyl (C=O) groups is 2. The third-order valence-corrected chi connectivity index (χ3v) is 3.40. The summed E-state index contributed by atoms with van der Waals surface area (Å²) >= 11 is 0. The van der Waals surface area contributed by atoms with Crippen LogP contribution in [0.1, 0.15) is 23.0 Å². The van der Waals surface area contributed by atoms with Gasteiger partial charge in [-0.2, -0.15) is 0 Å². The van der Waals surface area contributed by atoms with Crippen molar-refractivity contribution in [2.24, 2.45) is 0 Å². The molecule has 0 fully saturated rings. The standard InChI is InChI=1S/C17H19NO5/c1-12-14(9-10-22-12)15(19)18-17(2,16(20)21-3)11-23-13-7-5-4-6-8-13/h4-10H,11H2,1-3H3,(H,18,19)/t17-/m0/s1. The predicted octanol–water partition coefficient (Wildman–Crippen LogP) is 2.33. The fraction of sp³-hybridized carbons (Fsp3) is 0.294. The maximum absolute atomic E-state index is 12.3. The van der Waals surface area contributed by atoms with Crippen molar-refractivity contribution in [1.29, 1.82) is 0 Å². The highest BCUT2D eigenvalue weighted by atomic mass is 16.5. The lowest BCUT2D eigenvalue weighted by atomic mass is 10.0. The number of rotatable bonds is 6. The first-order valence-electron chi connectivity index (χ1n) is 7.09. The monoisotopic (exact) mass is 317 g/mol. The summed E-state index contributed by atoms with van der Waals surface area (Å²) in [5.41, 5.74) is -0.967. The molecule has 23 heavy (non-hydrogen) atoms. The smallest absolute Gasteiger partial charge is 0.334 e. The molecule has 1 heterocycles. The van der Waals surface area contributed by atoms with E-state index in [9.17, 15) is 9.59 Å². The molecule has 0 saturated carbocycles. The molecule has 1 aromatic carbocycles. The van der Waals surface area contributed by atoms with Crippen LogP contribution in [0.15, 0.2) is 47.1 Å². The van der Waals surface area contributed by atoms with Gasteiger partial charge in [0, 0.05) is 0 Å². The van der Waals surface area contributed by atoms with Gasteiger partial charge in [-0.15, -0.1) is 0 Å². The van der Waals surface area contributed by atoms with E-state index < -0.39 is 17.4 Å². The van der Waals surface area contributed by atoms with Gasteiger partial charge >= 0.3 is 5.97 Å². The quantitative estimate of drug-likeness (QED) is 0.827. The molecule has 0 spiro atoms. The maximum Gasteiger partial charge on any atom is 0.334 e. The Morgan fingerprint density at radius 2 is 1.91 bits per heavy atom. The number of nitrogens with one attached hydrogen (secondary N) is 1. The molecule has 1 amide bonds. The van der Waals surface area contributed by atoms with Crippen LogP contribution in [0.4, 0.5) is 0 Å². The first-order chi connectivity index (χ1) is 11.0. The van der Waals surface area contributed by atoms with E-state index in [1.54, 1.807) is 32.0 Å². The van der Waals surface area contributed by atoms with Crippen LogP contribution in [0.5, 0.6) is 5.75 Å². The number of aryl methyl sites for hydroxylation is 1. The SMILES string of the molecule is COC(=O)[C@](C)(COc1ccccc1)NC(=O)c1ccoc1C. The first kappa shape index (κ1) is 16.6. The van der Waals surface area contributed by atoms with Gasteiger partial charge in [0.1, 0.15) is 18.1 Å². The summed E-state index contributed by atoms with van der Waals surface area (Å²) in [6.45, 7) is 3.16. The van der Waals surface area contributed by atoms with Crippen molar-refractivity contribution in [2.45, 2.75) is 19.4 Å². The van der Waals surface area contributed by atoms with Gasteiger partial charge in [0.05, 0.1) is 18.9 Å². The molecule has 0 bridgehead atoms. The first-order valence-corrected chi connectivity index (χ1v) is 7.09. The zero-order valence-corrected chi connectivity index (χ0v) is 13.3. The van der Waals surface area contributed by atoms with E-state index in [-0.39, 0.29) is 6.61 Å². The van der Waals surface area contributed by atoms with Crippen molar-refractivity contribution in [2.75, 3.05) is 13.7 Å². The molecule has 0 aliphatic rings. The average molecular weight is 317 g/mol. The van der Waals surface area contributed by atoms with Crippen LogP contribution in [0.2, 0.25) is 0 Å². The number of carbonyl (C=O) groups excluding carboxylic acids is 2. The maximum atomic E-state index is 12.3. The Morgan fingerprint density at radius 3 is 2.48 bits per heavy atom. The number of ether oxygens (including phenoxy) is 2. The number of furan rings is 1. The molecule has 1 aromatic heterocycles. The molecule has 0 aliphatic heterocycles. The van der Waals surface area contributed by atoms with E-state index in [4.69, 9.17) is 13.9 Å². The van der Waals surface area contributed by atoms with Gasteiger partial charge < -0.3 is 19.2 Å². The van der Waals surface area contributed by atoms with Crippen molar-refractivity contribution in [3.05, 3.63) is 54.0 Å². The van der Waals surface area contributed by atoms with Crippen LogP contribution >= 0.6 is 0 Å². The van der Waals surface area contributed by atoms with Crippen molar-refractivity contribution < 1.29 is 23.5 Å². The van der Waals surface area contributed by atoms with Crippen LogP contribution < -0.4 is 10.1 Å². The number of para-hydroxylation sites is 1. The molecule has 6 heteroatoms. The average Bonchev–Trinajstić information content (AvgIpc) is 2.99. The topological polar surface area (TPSA) is 77.8 Å². The molecule has 1 N–H and O–H groups in total. The number of methoxy groups -OCH3 is 1. The molecule has 0 aliphatic carbocycles. The lowest BCUT2D eigenvalue weighted by Gasteiger charge is -2.27. The minimum absolute atomic E-state index is 0.0632. The second-order valence-corrected chi connectivity index (χ2v) is 5.27. The summed E-state index contributed by atoms with van der Waals surface area (Å²) in [5, 5.41) is 2.66. The van der Waals surface area contributed by atoms with E-state index in [1.807, 2.05) is 18.2 Å². The van der Waals surface area contributed by atoms with Gasteiger partial charge in [0.2, 0.25) is 0 Å². The third-order valence-electron chi connectivity index (χ3n) is 3.40. The molecule has 0 saturated heterocycles. The summed E-state index contributed by atoms with van der Waals surface area (Å²) < 4.78 is 15.5. The minimum atomic E-state index is -1.33. The Kier molecular flexibility index (Phi) is 5.05. The van der Waals surface area contributed by atoms with Crippen LogP contribution in [0.3, 0.4) is 0 Å². The van der Waals surface area contributed by atoms with Gasteiger partial charge in [-0.3, -0.25) is 4.79 Å². The Hall–Kier alpha value is -2.76. The van der Waals surface area contributed by atoms with Crippen LogP contribution in [-0.2, 0) is 9.53 Å². The summed E-state index contributed by atoms with van der Waals surface area (Å²) in [7, 11) is 1.26. The highest BCUT2D eigenvalue weighted by molar-refractivity contribution is 5.98. The molecule has 6 nitrogen and oxygen atoms in total. The normalized spacial score (nSPS) is 13.0. The van der Waals surface area contributed by atoms with E-state index in [0.29, 0.717) is 17.1 Å². The molecule has 2 rings (SSSR count). The third kappa shape index (κ3) is 3.91. The van der Waals surface area contributed by atoms with Crippen molar-refractivity contribution in [3.8, 4) is 5.75 Å². The van der Waals surface area contributed by atoms with E-state index in [0.717, 1.165) is 0 Å². The van der Waals surface area contributed by atoms with Crippen LogP contribution in [0, 0.1) is 6.92 Å². The summed E-state index contributed by atoms with van der Waals surface area (Å²) in [4.78, 5) is 24.4. The number of hydrogen-bond donors (Lipinski definition) is 1. The van der Waals surface area contributed by atoms with Crippen molar-refractivity contribution in [3.63, 3.8) is 0 Å². The fourth-order valence-corrected chi connectivity index (χ4v) is 2.05. The summed E-state index contributed by atoms with van der Waals surface area (Å²) in [6.07, 6.45) is 1.42. The lowest BCUT2D eigenvalue weighted by Crippen LogP contribution is -2.56. The second kappa shape index (κ2) is 7.00. The lowest BCUT2D eigenvalue weighted by molar-refractivity contribution is -0.148. The van der Waals surface area contributed by atoms with E-state index >= 15 is 0 Å². The molecule has 1 atom stereocenters. The van der Waals surface area contributed by atoms with Gasteiger partial charge in [-0.1, -0.05) is 18.2 Å². The van der Waals surface area contributed by atoms with Crippen LogP contribution in [-0.4, -0.2) is 31.1 Å². The fourth-order valence-electron chi connectivity index (χ4n) is 2.05. The van der Waals surface area contributed by atoms with Gasteiger partial charge in [0.25, 0.3) is 5.91 Å². The van der Waals surface area contributed by atoms with Gasteiger partial charge in [0.15, 0.2) is 5.54 Å². The highest BCUT2D eigenvalue weighted by Crippen LogP contribution is 2.16. The summed E-state index contributed by atoms with van der Waals surface area (Å²) in [5.74, 6) is 0.0406. The number of esters is 1. The Morgan fingerprint density at radius 1 is 1.22 bits per heavy atom. The number of amides is 1. The number of hydrogen-bond acceptors (Lipinski definition) is 5. The largest absolute Gasteiger partial charge is 0.491 e. The van der Waals surface area contributed by atoms with E-state index in [2.05, 4.69) is 5.32 Å². The Balaban J connectivity index is 2.13. The molecular formula is C17H19NO5. The molecule has 0 radical (unpaired) electrons. The molecule has 122 valence electrons. The Labute approximate surface area is 134 Å². The highest BCUT2D eigenvalue weighted by Gasteiger charge is 2.38. The van der Waals surface area contributed by atoms with Crippen molar-refractivity contribution in [1.82, 2.24) is 5.32 Å². The molecule has 0 unspecified atom stereocenters. The van der Waals surface area contributed by atoms with Crippen molar-refractivity contribution >= 4 is 11.9 Å². The second-order valence-electron chi connectivity index (χ2n) is 5.27. The minimum Gasteiger partial charge on any atom is -0.491 e. The summed E-state index contributed by atoms with van der Waals surface area (Å²) in [6, 6.07) is 10.6. The zero-order valence-electron chi connectivity index (χ0n) is 13.3. The predicted molar refractivity (Wildman–Crippen MR) is 83.3 cm³/mol. The molecular weight excluding hydrogens is 298 g/mol. The van der Waals surface area contributed by atoms with Gasteiger partial charge in [-0.05, 0) is 32.0 Å². The number of benzene rings is 1. The van der Waals surface area contributed by atoms with E-state index in [1.165, 1.54) is 13.4 Å². The zero-order chi connectivity index (χ0) is 16.9. The Bertz CT molecular complexity index is 679. The molecule has 2 aromatic rings.